The van der Waals surface area contributed by atoms with Gasteiger partial charge in [-0.05, 0) is 59.8 Å². The number of hydrogen-bond donors (Lipinski definition) is 1. The van der Waals surface area contributed by atoms with Gasteiger partial charge in [-0.3, -0.25) is 4.90 Å². The number of aldehydes is 1. The molecular weight excluding hydrogens is 394 g/mol. The largest absolute Gasteiger partial charge is 0.390 e. The molecule has 0 spiro atoms. The van der Waals surface area contributed by atoms with Gasteiger partial charge >= 0.3 is 0 Å². The van der Waals surface area contributed by atoms with E-state index in [9.17, 15) is 9.90 Å². The number of hydrogen-bond acceptors (Lipinski definition) is 3. The van der Waals surface area contributed by atoms with Crippen LogP contribution in [0.4, 0.5) is 0 Å². The van der Waals surface area contributed by atoms with Gasteiger partial charge in [-0.1, -0.05) is 84.9 Å². The Balaban J connectivity index is 1.21. The van der Waals surface area contributed by atoms with Crippen molar-refractivity contribution in [1.29, 1.82) is 0 Å². The Morgan fingerprint density at radius 2 is 1.41 bits per heavy atom. The maximum absolute atomic E-state index is 12.1. The van der Waals surface area contributed by atoms with Crippen molar-refractivity contribution >= 4 is 6.29 Å². The van der Waals surface area contributed by atoms with Crippen molar-refractivity contribution in [2.24, 2.45) is 11.8 Å². The van der Waals surface area contributed by atoms with E-state index in [-0.39, 0.29) is 6.04 Å². The molecule has 2 aliphatic rings. The molecule has 1 saturated carbocycles. The number of nitrogens with zero attached hydrogens (tertiary/aromatic N) is 1. The summed E-state index contributed by atoms with van der Waals surface area (Å²) in [6, 6.07) is 28.9. The highest BCUT2D eigenvalue weighted by Crippen LogP contribution is 2.47. The van der Waals surface area contributed by atoms with E-state index in [1.807, 2.05) is 24.3 Å². The molecule has 0 bridgehead atoms. The zero-order chi connectivity index (χ0) is 22.0. The summed E-state index contributed by atoms with van der Waals surface area (Å²) in [6.07, 6.45) is 4.52. The molecule has 1 aliphatic heterocycles. The Kier molecular flexibility index (Phi) is 5.95. The van der Waals surface area contributed by atoms with Gasteiger partial charge < -0.3 is 9.90 Å². The third-order valence-corrected chi connectivity index (χ3v) is 7.49. The lowest BCUT2D eigenvalue weighted by atomic mass is 9.91. The number of aryl methyl sites for hydroxylation is 1. The van der Waals surface area contributed by atoms with Gasteiger partial charge in [-0.15, -0.1) is 0 Å². The third-order valence-electron chi connectivity index (χ3n) is 7.49. The third kappa shape index (κ3) is 4.41. The summed E-state index contributed by atoms with van der Waals surface area (Å²) >= 11 is 0. The van der Waals surface area contributed by atoms with Crippen LogP contribution in [-0.2, 0) is 11.2 Å². The van der Waals surface area contributed by atoms with Gasteiger partial charge in [-0.2, -0.15) is 0 Å². The molecule has 1 N–H and O–H groups in total. The first-order valence-electron chi connectivity index (χ1n) is 11.7. The van der Waals surface area contributed by atoms with Crippen LogP contribution in [-0.4, -0.2) is 35.0 Å². The van der Waals surface area contributed by atoms with Gasteiger partial charge in [0, 0.05) is 13.1 Å². The maximum atomic E-state index is 12.1. The molecule has 164 valence electrons. The van der Waals surface area contributed by atoms with E-state index in [4.69, 9.17) is 0 Å². The molecule has 3 unspecified atom stereocenters. The Morgan fingerprint density at radius 1 is 0.844 bits per heavy atom. The number of likely N-dealkylation sites (tertiary alicyclic amines) is 1. The monoisotopic (exact) mass is 425 g/mol. The maximum Gasteiger partial charge on any atom is 0.141 e. The fourth-order valence-electron chi connectivity index (χ4n) is 5.83. The van der Waals surface area contributed by atoms with Crippen molar-refractivity contribution in [3.8, 4) is 11.1 Å². The number of fused-ring (bicyclic) bond motifs is 1. The minimum absolute atomic E-state index is 0.206. The quantitative estimate of drug-likeness (QED) is 0.522. The normalized spacial score (nSPS) is 26.0. The first-order chi connectivity index (χ1) is 15.6. The highest BCUT2D eigenvalue weighted by molar-refractivity contribution is 5.66. The van der Waals surface area contributed by atoms with E-state index in [1.165, 1.54) is 16.7 Å². The second kappa shape index (κ2) is 9.01. The topological polar surface area (TPSA) is 40.5 Å². The number of rotatable bonds is 7. The molecule has 1 saturated heterocycles. The van der Waals surface area contributed by atoms with Crippen LogP contribution >= 0.6 is 0 Å². The molecule has 3 heteroatoms. The molecule has 0 radical (unpaired) electrons. The summed E-state index contributed by atoms with van der Waals surface area (Å²) in [4.78, 5) is 14.4. The molecule has 3 nitrogen and oxygen atoms in total. The van der Waals surface area contributed by atoms with Crippen LogP contribution in [0, 0.1) is 11.8 Å². The highest BCUT2D eigenvalue weighted by Gasteiger charge is 2.48. The van der Waals surface area contributed by atoms with E-state index < -0.39 is 5.60 Å². The van der Waals surface area contributed by atoms with E-state index in [2.05, 4.69) is 65.6 Å². The van der Waals surface area contributed by atoms with Crippen molar-refractivity contribution in [3.05, 3.63) is 96.1 Å². The Morgan fingerprint density at radius 3 is 2.00 bits per heavy atom. The molecule has 0 amide bonds. The molecule has 0 aromatic heterocycles. The van der Waals surface area contributed by atoms with E-state index in [1.54, 1.807) is 0 Å². The molecule has 1 aliphatic carbocycles. The van der Waals surface area contributed by atoms with E-state index in [0.29, 0.717) is 11.8 Å². The highest BCUT2D eigenvalue weighted by atomic mass is 16.3. The van der Waals surface area contributed by atoms with E-state index in [0.717, 1.165) is 50.6 Å². The van der Waals surface area contributed by atoms with Crippen LogP contribution in [0.2, 0.25) is 0 Å². The molecule has 3 atom stereocenters. The summed E-state index contributed by atoms with van der Waals surface area (Å²) in [5.74, 6) is 0.948. The van der Waals surface area contributed by atoms with Crippen molar-refractivity contribution in [1.82, 2.24) is 4.90 Å². The van der Waals surface area contributed by atoms with Crippen LogP contribution in [0.15, 0.2) is 84.9 Å². The standard InChI is InChI=1S/C29H31NO2/c31-21-28(25-13-11-24(12-14-25)23-9-5-2-6-10-23)30-19-26-17-29(32,18-27(26)20-30)16-15-22-7-3-1-4-8-22/h1-14,21,26-28,32H,15-20H2. The average Bonchev–Trinajstić information content (AvgIpc) is 3.35. The van der Waals surface area contributed by atoms with Gasteiger partial charge in [0.25, 0.3) is 0 Å². The summed E-state index contributed by atoms with van der Waals surface area (Å²) in [6.45, 7) is 1.78. The SMILES string of the molecule is O=CC(c1ccc(-c2ccccc2)cc1)N1CC2CC(O)(CCc3ccccc3)CC2C1. The summed E-state index contributed by atoms with van der Waals surface area (Å²) in [7, 11) is 0. The van der Waals surface area contributed by atoms with Crippen LogP contribution < -0.4 is 0 Å². The van der Waals surface area contributed by atoms with Gasteiger partial charge in [0.2, 0.25) is 0 Å². The minimum Gasteiger partial charge on any atom is -0.390 e. The predicted octanol–water partition coefficient (Wildman–Crippen LogP) is 5.30. The second-order valence-corrected chi connectivity index (χ2v) is 9.66. The van der Waals surface area contributed by atoms with Crippen molar-refractivity contribution < 1.29 is 9.90 Å². The molecule has 3 aromatic carbocycles. The van der Waals surface area contributed by atoms with Crippen molar-refractivity contribution in [2.75, 3.05) is 13.1 Å². The van der Waals surface area contributed by atoms with Gasteiger partial charge in [0.1, 0.15) is 6.29 Å². The van der Waals surface area contributed by atoms with Gasteiger partial charge in [-0.25, -0.2) is 0 Å². The number of carbonyl (C=O) groups is 1. The fourth-order valence-corrected chi connectivity index (χ4v) is 5.83. The lowest BCUT2D eigenvalue weighted by Gasteiger charge is -2.28. The first kappa shape index (κ1) is 21.1. The average molecular weight is 426 g/mol. The summed E-state index contributed by atoms with van der Waals surface area (Å²) < 4.78 is 0. The summed E-state index contributed by atoms with van der Waals surface area (Å²) in [5, 5.41) is 11.2. The molecule has 3 aromatic rings. The molecule has 2 fully saturated rings. The van der Waals surface area contributed by atoms with Crippen LogP contribution in [0.5, 0.6) is 0 Å². The molecular formula is C29H31NO2. The van der Waals surface area contributed by atoms with Crippen LogP contribution in [0.1, 0.15) is 36.4 Å². The molecule has 5 rings (SSSR count). The van der Waals surface area contributed by atoms with Crippen LogP contribution in [0.3, 0.4) is 0 Å². The van der Waals surface area contributed by atoms with Crippen molar-refractivity contribution in [2.45, 2.75) is 37.3 Å². The van der Waals surface area contributed by atoms with Gasteiger partial charge in [0.05, 0.1) is 11.6 Å². The first-order valence-corrected chi connectivity index (χ1v) is 11.7. The zero-order valence-electron chi connectivity index (χ0n) is 18.4. The second-order valence-electron chi connectivity index (χ2n) is 9.66. The lowest BCUT2D eigenvalue weighted by molar-refractivity contribution is -0.112. The van der Waals surface area contributed by atoms with Crippen molar-refractivity contribution in [3.63, 3.8) is 0 Å². The zero-order valence-corrected chi connectivity index (χ0v) is 18.4. The Bertz CT molecular complexity index is 1020. The lowest BCUT2D eigenvalue weighted by Crippen LogP contribution is -2.33. The summed E-state index contributed by atoms with van der Waals surface area (Å²) in [5.41, 5.74) is 4.14. The number of benzene rings is 3. The van der Waals surface area contributed by atoms with Crippen LogP contribution in [0.25, 0.3) is 11.1 Å². The Labute approximate surface area is 190 Å². The number of aliphatic hydroxyl groups is 1. The Hall–Kier alpha value is -2.75. The molecule has 32 heavy (non-hydrogen) atoms. The number of carbonyl (C=O) groups excluding carboxylic acids is 1. The van der Waals surface area contributed by atoms with Gasteiger partial charge in [0.15, 0.2) is 0 Å². The predicted molar refractivity (Wildman–Crippen MR) is 128 cm³/mol. The minimum atomic E-state index is -0.564. The van der Waals surface area contributed by atoms with E-state index >= 15 is 0 Å². The smallest absolute Gasteiger partial charge is 0.141 e. The fraction of sp³-hybridized carbons (Fsp3) is 0.345. The molecule has 1 heterocycles.